The molecule has 2 atom stereocenters. The van der Waals surface area contributed by atoms with E-state index in [-0.39, 0.29) is 36.0 Å². The van der Waals surface area contributed by atoms with Gasteiger partial charge in [-0.3, -0.25) is 4.99 Å². The molecule has 2 fully saturated rings. The Morgan fingerprint density at radius 3 is 2.81 bits per heavy atom. The summed E-state index contributed by atoms with van der Waals surface area (Å²) >= 11 is 0. The summed E-state index contributed by atoms with van der Waals surface area (Å²) in [6, 6.07) is 0.407. The lowest BCUT2D eigenvalue weighted by Crippen LogP contribution is -2.49. The zero-order chi connectivity index (χ0) is 18.4. The molecule has 0 amide bonds. The molecule has 7 nitrogen and oxygen atoms in total. The number of aliphatic hydroxyl groups excluding tert-OH is 1. The van der Waals surface area contributed by atoms with Gasteiger partial charge in [0.2, 0.25) is 0 Å². The Kier molecular flexibility index (Phi) is 8.81. The normalized spacial score (nSPS) is 25.7. The predicted molar refractivity (Wildman–Crippen MR) is 118 cm³/mol. The number of hydrogen-bond acceptors (Lipinski definition) is 4. The van der Waals surface area contributed by atoms with Crippen molar-refractivity contribution in [3.63, 3.8) is 0 Å². The molecule has 154 valence electrons. The van der Waals surface area contributed by atoms with Crippen LogP contribution in [-0.4, -0.2) is 71.5 Å². The van der Waals surface area contributed by atoms with E-state index in [2.05, 4.69) is 39.8 Å². The SMILES string of the molecule is CCNC(=NCC1(CO)CCOCC1)N1CCC(C)C(n2ccnc2)C1.I. The first kappa shape index (κ1) is 22.4. The van der Waals surface area contributed by atoms with E-state index in [1.165, 1.54) is 0 Å². The first-order valence-electron chi connectivity index (χ1n) is 9.87. The molecule has 0 radical (unpaired) electrons. The smallest absolute Gasteiger partial charge is 0.194 e. The Morgan fingerprint density at radius 1 is 1.41 bits per heavy atom. The number of guanidine groups is 1. The second-order valence-corrected chi connectivity index (χ2v) is 7.73. The van der Waals surface area contributed by atoms with E-state index in [1.807, 2.05) is 12.5 Å². The summed E-state index contributed by atoms with van der Waals surface area (Å²) in [5.41, 5.74) is -0.133. The lowest BCUT2D eigenvalue weighted by atomic mass is 9.81. The number of nitrogens with one attached hydrogen (secondary N) is 1. The van der Waals surface area contributed by atoms with Crippen molar-refractivity contribution in [2.75, 3.05) is 46.0 Å². The summed E-state index contributed by atoms with van der Waals surface area (Å²) in [6.07, 6.45) is 8.70. The molecule has 3 rings (SSSR count). The molecule has 2 saturated heterocycles. The van der Waals surface area contributed by atoms with E-state index in [4.69, 9.17) is 9.73 Å². The van der Waals surface area contributed by atoms with Gasteiger partial charge in [-0.25, -0.2) is 4.98 Å². The molecule has 0 saturated carbocycles. The fourth-order valence-electron chi connectivity index (χ4n) is 3.93. The van der Waals surface area contributed by atoms with Gasteiger partial charge in [-0.2, -0.15) is 0 Å². The van der Waals surface area contributed by atoms with Gasteiger partial charge in [0.05, 0.1) is 25.5 Å². The summed E-state index contributed by atoms with van der Waals surface area (Å²) in [4.78, 5) is 11.5. The zero-order valence-electron chi connectivity index (χ0n) is 16.5. The van der Waals surface area contributed by atoms with Crippen LogP contribution in [0, 0.1) is 11.3 Å². The van der Waals surface area contributed by atoms with Crippen molar-refractivity contribution in [3.8, 4) is 0 Å². The molecule has 0 spiro atoms. The van der Waals surface area contributed by atoms with Gasteiger partial charge in [0.1, 0.15) is 0 Å². The summed E-state index contributed by atoms with van der Waals surface area (Å²) in [6.45, 7) is 9.46. The van der Waals surface area contributed by atoms with Crippen LogP contribution in [0.1, 0.15) is 39.2 Å². The number of aromatic nitrogens is 2. The number of hydrogen-bond donors (Lipinski definition) is 2. The lowest BCUT2D eigenvalue weighted by molar-refractivity contribution is -0.0107. The van der Waals surface area contributed by atoms with Gasteiger partial charge in [-0.05, 0) is 32.1 Å². The van der Waals surface area contributed by atoms with E-state index in [0.717, 1.165) is 58.1 Å². The Bertz CT molecular complexity index is 575. The molecule has 0 aromatic carbocycles. The molecule has 27 heavy (non-hydrogen) atoms. The van der Waals surface area contributed by atoms with Crippen LogP contribution in [0.25, 0.3) is 0 Å². The van der Waals surface area contributed by atoms with Gasteiger partial charge in [0, 0.05) is 50.7 Å². The Hall–Kier alpha value is -0.870. The third-order valence-electron chi connectivity index (χ3n) is 5.91. The summed E-state index contributed by atoms with van der Waals surface area (Å²) in [7, 11) is 0. The van der Waals surface area contributed by atoms with Crippen LogP contribution in [0.4, 0.5) is 0 Å². The molecule has 2 unspecified atom stereocenters. The summed E-state index contributed by atoms with van der Waals surface area (Å²) < 4.78 is 7.69. The van der Waals surface area contributed by atoms with Crippen molar-refractivity contribution >= 4 is 29.9 Å². The van der Waals surface area contributed by atoms with Crippen molar-refractivity contribution in [1.82, 2.24) is 19.8 Å². The molecule has 2 aliphatic rings. The third kappa shape index (κ3) is 5.57. The fourth-order valence-corrected chi connectivity index (χ4v) is 3.93. The van der Waals surface area contributed by atoms with E-state index in [1.54, 1.807) is 0 Å². The molecule has 1 aromatic heterocycles. The van der Waals surface area contributed by atoms with Gasteiger partial charge >= 0.3 is 0 Å². The maximum Gasteiger partial charge on any atom is 0.194 e. The molecule has 2 aliphatic heterocycles. The minimum atomic E-state index is -0.133. The summed E-state index contributed by atoms with van der Waals surface area (Å²) in [5, 5.41) is 13.4. The van der Waals surface area contributed by atoms with Gasteiger partial charge in [-0.15, -0.1) is 24.0 Å². The average molecular weight is 491 g/mol. The highest BCUT2D eigenvalue weighted by Gasteiger charge is 2.33. The number of aliphatic hydroxyl groups is 1. The quantitative estimate of drug-likeness (QED) is 0.375. The second-order valence-electron chi connectivity index (χ2n) is 7.73. The maximum atomic E-state index is 9.93. The van der Waals surface area contributed by atoms with Crippen LogP contribution in [0.15, 0.2) is 23.7 Å². The second kappa shape index (κ2) is 10.6. The molecule has 0 aliphatic carbocycles. The van der Waals surface area contributed by atoms with Crippen LogP contribution < -0.4 is 5.32 Å². The highest BCUT2D eigenvalue weighted by molar-refractivity contribution is 14.0. The number of aliphatic imine (C=N–C) groups is 1. The first-order chi connectivity index (χ1) is 12.7. The van der Waals surface area contributed by atoms with Crippen LogP contribution >= 0.6 is 24.0 Å². The number of imidazole rings is 1. The average Bonchev–Trinajstić information content (AvgIpc) is 3.21. The summed E-state index contributed by atoms with van der Waals surface area (Å²) in [5.74, 6) is 1.58. The van der Waals surface area contributed by atoms with Gasteiger partial charge in [0.25, 0.3) is 0 Å². The van der Waals surface area contributed by atoms with E-state index in [9.17, 15) is 5.11 Å². The molecule has 2 N–H and O–H groups in total. The van der Waals surface area contributed by atoms with Crippen molar-refractivity contribution < 1.29 is 9.84 Å². The number of likely N-dealkylation sites (tertiary alicyclic amines) is 1. The van der Waals surface area contributed by atoms with Crippen LogP contribution in [0.3, 0.4) is 0 Å². The Morgan fingerprint density at radius 2 is 2.19 bits per heavy atom. The highest BCUT2D eigenvalue weighted by atomic mass is 127. The largest absolute Gasteiger partial charge is 0.396 e. The molecule has 0 bridgehead atoms. The molecule has 1 aromatic rings. The van der Waals surface area contributed by atoms with E-state index in [0.29, 0.717) is 18.5 Å². The minimum absolute atomic E-state index is 0. The molecular weight excluding hydrogens is 457 g/mol. The van der Waals surface area contributed by atoms with Gasteiger partial charge < -0.3 is 24.6 Å². The fraction of sp³-hybridized carbons (Fsp3) is 0.789. The zero-order valence-corrected chi connectivity index (χ0v) is 18.8. The first-order valence-corrected chi connectivity index (χ1v) is 9.87. The van der Waals surface area contributed by atoms with Crippen molar-refractivity contribution in [2.45, 2.75) is 39.2 Å². The standard InChI is InChI=1S/C19H33N5O2.HI/c1-3-21-18(22-13-19(14-25)5-10-26-11-6-19)23-8-4-16(2)17(12-23)24-9-7-20-15-24;/h7,9,15-17,25H,3-6,8,10-14H2,1-2H3,(H,21,22);1H. The van der Waals surface area contributed by atoms with E-state index >= 15 is 0 Å². The van der Waals surface area contributed by atoms with Gasteiger partial charge in [0.15, 0.2) is 5.96 Å². The topological polar surface area (TPSA) is 74.9 Å². The minimum Gasteiger partial charge on any atom is -0.396 e. The molecule has 3 heterocycles. The number of halogens is 1. The predicted octanol–water partition coefficient (Wildman–Crippen LogP) is 2.14. The maximum absolute atomic E-state index is 9.93. The number of rotatable bonds is 5. The molecular formula is C19H34IN5O2. The van der Waals surface area contributed by atoms with Crippen LogP contribution in [-0.2, 0) is 4.74 Å². The van der Waals surface area contributed by atoms with Crippen LogP contribution in [0.5, 0.6) is 0 Å². The third-order valence-corrected chi connectivity index (χ3v) is 5.91. The number of piperidine rings is 1. The lowest BCUT2D eigenvalue weighted by Gasteiger charge is -2.40. The van der Waals surface area contributed by atoms with Crippen molar-refractivity contribution in [1.29, 1.82) is 0 Å². The molecule has 8 heteroatoms. The van der Waals surface area contributed by atoms with Crippen molar-refractivity contribution in [2.24, 2.45) is 16.3 Å². The van der Waals surface area contributed by atoms with Crippen LogP contribution in [0.2, 0.25) is 0 Å². The van der Waals surface area contributed by atoms with Crippen molar-refractivity contribution in [3.05, 3.63) is 18.7 Å². The monoisotopic (exact) mass is 491 g/mol. The number of ether oxygens (including phenoxy) is 1. The number of nitrogens with zero attached hydrogens (tertiary/aromatic N) is 4. The Labute approximate surface area is 179 Å². The van der Waals surface area contributed by atoms with Gasteiger partial charge in [-0.1, -0.05) is 6.92 Å². The highest BCUT2D eigenvalue weighted by Crippen LogP contribution is 2.31. The van der Waals surface area contributed by atoms with E-state index < -0.39 is 0 Å². The Balaban J connectivity index is 0.00000261.